The molecule has 0 aliphatic heterocycles. The van der Waals surface area contributed by atoms with E-state index in [-0.39, 0.29) is 0 Å². The van der Waals surface area contributed by atoms with Crippen LogP contribution in [-0.2, 0) is 0 Å². The van der Waals surface area contributed by atoms with E-state index in [1.165, 1.54) is 11.1 Å². The first-order valence-electron chi connectivity index (χ1n) is 6.20. The average molecular weight is 270 g/mol. The van der Waals surface area contributed by atoms with Gasteiger partial charge >= 0.3 is 0 Å². The van der Waals surface area contributed by atoms with Crippen molar-refractivity contribution in [3.63, 3.8) is 0 Å². The van der Waals surface area contributed by atoms with Crippen LogP contribution in [0, 0.1) is 13.8 Å². The van der Waals surface area contributed by atoms with E-state index < -0.39 is 0 Å². The molecule has 0 saturated heterocycles. The molecule has 0 radical (unpaired) electrons. The van der Waals surface area contributed by atoms with E-state index >= 15 is 0 Å². The standard InChI is InChI=1S/C16H18N2S/c1-11-8-9-13(16(17)19)15(10-11)18(3)14-7-5-4-6-12(14)2/h4-10H,1-3H3,(H2,17,19). The molecule has 0 saturated carbocycles. The summed E-state index contributed by atoms with van der Waals surface area (Å²) >= 11 is 5.15. The number of benzene rings is 2. The van der Waals surface area contributed by atoms with Crippen molar-refractivity contribution < 1.29 is 0 Å². The Morgan fingerprint density at radius 2 is 1.74 bits per heavy atom. The summed E-state index contributed by atoms with van der Waals surface area (Å²) in [6, 6.07) is 14.4. The number of nitrogens with zero attached hydrogens (tertiary/aromatic N) is 1. The predicted octanol–water partition coefficient (Wildman–Crippen LogP) is 3.71. The van der Waals surface area contributed by atoms with E-state index in [1.54, 1.807) is 0 Å². The zero-order valence-corrected chi connectivity index (χ0v) is 12.3. The summed E-state index contributed by atoms with van der Waals surface area (Å²) in [5.41, 5.74) is 11.3. The highest BCUT2D eigenvalue weighted by atomic mass is 32.1. The molecule has 3 heteroatoms. The Hall–Kier alpha value is -1.87. The van der Waals surface area contributed by atoms with Gasteiger partial charge in [0, 0.05) is 18.3 Å². The summed E-state index contributed by atoms with van der Waals surface area (Å²) in [6.45, 7) is 4.17. The van der Waals surface area contributed by atoms with E-state index in [1.807, 2.05) is 31.3 Å². The zero-order valence-electron chi connectivity index (χ0n) is 11.5. The highest BCUT2D eigenvalue weighted by Crippen LogP contribution is 2.30. The average Bonchev–Trinajstić information content (AvgIpc) is 2.38. The lowest BCUT2D eigenvalue weighted by Crippen LogP contribution is -2.18. The second-order valence-corrected chi connectivity index (χ2v) is 5.17. The van der Waals surface area contributed by atoms with Gasteiger partial charge in [-0.3, -0.25) is 0 Å². The molecule has 0 atom stereocenters. The largest absolute Gasteiger partial charge is 0.389 e. The summed E-state index contributed by atoms with van der Waals surface area (Å²) < 4.78 is 0. The van der Waals surface area contributed by atoms with Crippen LogP contribution in [0.2, 0.25) is 0 Å². The Morgan fingerprint density at radius 3 is 2.37 bits per heavy atom. The monoisotopic (exact) mass is 270 g/mol. The molecule has 0 fully saturated rings. The fourth-order valence-electron chi connectivity index (χ4n) is 2.20. The minimum Gasteiger partial charge on any atom is -0.389 e. The summed E-state index contributed by atoms with van der Waals surface area (Å²) in [4.78, 5) is 2.56. The van der Waals surface area contributed by atoms with E-state index in [0.717, 1.165) is 16.9 Å². The lowest BCUT2D eigenvalue weighted by atomic mass is 10.1. The van der Waals surface area contributed by atoms with Crippen molar-refractivity contribution in [3.05, 3.63) is 59.2 Å². The number of hydrogen-bond donors (Lipinski definition) is 1. The van der Waals surface area contributed by atoms with Crippen LogP contribution in [-0.4, -0.2) is 12.0 Å². The maximum Gasteiger partial charge on any atom is 0.106 e. The summed E-state index contributed by atoms with van der Waals surface area (Å²) in [7, 11) is 2.04. The number of rotatable bonds is 3. The van der Waals surface area contributed by atoms with Gasteiger partial charge in [0.25, 0.3) is 0 Å². The number of thiocarbonyl (C=S) groups is 1. The van der Waals surface area contributed by atoms with Crippen LogP contribution < -0.4 is 10.6 Å². The molecular weight excluding hydrogens is 252 g/mol. The minimum absolute atomic E-state index is 0.426. The third kappa shape index (κ3) is 2.76. The quantitative estimate of drug-likeness (QED) is 0.862. The molecular formula is C16H18N2S. The molecule has 0 heterocycles. The summed E-state index contributed by atoms with van der Waals surface area (Å²) in [5.74, 6) is 0. The third-order valence-electron chi connectivity index (χ3n) is 3.26. The molecule has 19 heavy (non-hydrogen) atoms. The van der Waals surface area contributed by atoms with Crippen molar-refractivity contribution in [2.75, 3.05) is 11.9 Å². The second kappa shape index (κ2) is 5.41. The first-order valence-corrected chi connectivity index (χ1v) is 6.61. The van der Waals surface area contributed by atoms with E-state index in [0.29, 0.717) is 4.99 Å². The van der Waals surface area contributed by atoms with Crippen LogP contribution in [0.5, 0.6) is 0 Å². The lowest BCUT2D eigenvalue weighted by Gasteiger charge is -2.24. The lowest BCUT2D eigenvalue weighted by molar-refractivity contribution is 1.17. The van der Waals surface area contributed by atoms with Gasteiger partial charge in [-0.2, -0.15) is 0 Å². The molecule has 2 N–H and O–H groups in total. The molecule has 0 amide bonds. The first-order chi connectivity index (χ1) is 9.00. The maximum absolute atomic E-state index is 5.82. The summed E-state index contributed by atoms with van der Waals surface area (Å²) in [6.07, 6.45) is 0. The van der Waals surface area contributed by atoms with Crippen molar-refractivity contribution in [3.8, 4) is 0 Å². The second-order valence-electron chi connectivity index (χ2n) is 4.73. The van der Waals surface area contributed by atoms with Gasteiger partial charge in [0.1, 0.15) is 4.99 Å². The molecule has 0 aliphatic rings. The van der Waals surface area contributed by atoms with Gasteiger partial charge < -0.3 is 10.6 Å². The first kappa shape index (κ1) is 13.6. The Morgan fingerprint density at radius 1 is 1.05 bits per heavy atom. The van der Waals surface area contributed by atoms with Crippen LogP contribution in [0.1, 0.15) is 16.7 Å². The van der Waals surface area contributed by atoms with Crippen LogP contribution in [0.25, 0.3) is 0 Å². The number of aryl methyl sites for hydroxylation is 2. The molecule has 0 unspecified atom stereocenters. The molecule has 98 valence electrons. The van der Waals surface area contributed by atoms with Gasteiger partial charge in [-0.15, -0.1) is 0 Å². The zero-order chi connectivity index (χ0) is 14.0. The Kier molecular flexibility index (Phi) is 3.86. The molecule has 0 bridgehead atoms. The number of para-hydroxylation sites is 1. The van der Waals surface area contributed by atoms with E-state index in [9.17, 15) is 0 Å². The molecule has 2 nitrogen and oxygen atoms in total. The van der Waals surface area contributed by atoms with Crippen molar-refractivity contribution >= 4 is 28.6 Å². The van der Waals surface area contributed by atoms with Crippen molar-refractivity contribution in [1.29, 1.82) is 0 Å². The van der Waals surface area contributed by atoms with Gasteiger partial charge in [-0.25, -0.2) is 0 Å². The molecule has 2 aromatic rings. The smallest absolute Gasteiger partial charge is 0.106 e. The maximum atomic E-state index is 5.82. The fraction of sp³-hybridized carbons (Fsp3) is 0.188. The van der Waals surface area contributed by atoms with Crippen LogP contribution in [0.3, 0.4) is 0 Å². The Balaban J connectivity index is 2.55. The Labute approximate surface area is 119 Å². The van der Waals surface area contributed by atoms with Gasteiger partial charge in [0.05, 0.1) is 5.69 Å². The minimum atomic E-state index is 0.426. The predicted molar refractivity (Wildman–Crippen MR) is 86.3 cm³/mol. The molecule has 0 spiro atoms. The summed E-state index contributed by atoms with van der Waals surface area (Å²) in [5, 5.41) is 0. The number of anilines is 2. The van der Waals surface area contributed by atoms with E-state index in [4.69, 9.17) is 18.0 Å². The number of nitrogens with two attached hydrogens (primary N) is 1. The van der Waals surface area contributed by atoms with Crippen molar-refractivity contribution in [2.45, 2.75) is 13.8 Å². The molecule has 2 rings (SSSR count). The SMILES string of the molecule is Cc1ccc(C(N)=S)c(N(C)c2ccccc2C)c1. The van der Waals surface area contributed by atoms with Crippen LogP contribution >= 0.6 is 12.2 Å². The normalized spacial score (nSPS) is 10.3. The van der Waals surface area contributed by atoms with Crippen LogP contribution in [0.15, 0.2) is 42.5 Å². The highest BCUT2D eigenvalue weighted by Gasteiger charge is 2.12. The highest BCUT2D eigenvalue weighted by molar-refractivity contribution is 7.80. The van der Waals surface area contributed by atoms with Gasteiger partial charge in [0.2, 0.25) is 0 Å². The number of hydrogen-bond acceptors (Lipinski definition) is 2. The van der Waals surface area contributed by atoms with Gasteiger partial charge in [-0.05, 0) is 43.2 Å². The fourth-order valence-corrected chi connectivity index (χ4v) is 2.37. The molecule has 0 aromatic heterocycles. The third-order valence-corrected chi connectivity index (χ3v) is 3.48. The van der Waals surface area contributed by atoms with Crippen molar-refractivity contribution in [1.82, 2.24) is 0 Å². The van der Waals surface area contributed by atoms with Gasteiger partial charge in [0.15, 0.2) is 0 Å². The Bertz CT molecular complexity index is 620. The topological polar surface area (TPSA) is 29.3 Å². The van der Waals surface area contributed by atoms with Crippen molar-refractivity contribution in [2.24, 2.45) is 5.73 Å². The van der Waals surface area contributed by atoms with E-state index in [2.05, 4.69) is 36.9 Å². The van der Waals surface area contributed by atoms with Crippen LogP contribution in [0.4, 0.5) is 11.4 Å². The molecule has 0 aliphatic carbocycles. The molecule has 2 aromatic carbocycles. The van der Waals surface area contributed by atoms with Gasteiger partial charge in [-0.1, -0.05) is 36.5 Å².